The Labute approximate surface area is 184 Å². The molecule has 2 aromatic carbocycles. The molecule has 0 spiro atoms. The maximum Gasteiger partial charge on any atom is 0.290 e. The summed E-state index contributed by atoms with van der Waals surface area (Å²) in [6.45, 7) is -0.0109. The molecule has 168 valence electrons. The van der Waals surface area contributed by atoms with Crippen molar-refractivity contribution in [1.82, 2.24) is 4.90 Å². The van der Waals surface area contributed by atoms with E-state index in [2.05, 4.69) is 0 Å². The van der Waals surface area contributed by atoms with Crippen molar-refractivity contribution in [1.29, 1.82) is 0 Å². The maximum absolute atomic E-state index is 13.1. The van der Waals surface area contributed by atoms with Crippen LogP contribution in [0.2, 0.25) is 0 Å². The molecule has 2 aromatic rings. The van der Waals surface area contributed by atoms with E-state index < -0.39 is 28.4 Å². The van der Waals surface area contributed by atoms with Crippen molar-refractivity contribution >= 4 is 17.4 Å². The first-order chi connectivity index (χ1) is 15.4. The lowest BCUT2D eigenvalue weighted by molar-refractivity contribution is -0.384. The molecule has 1 unspecified atom stereocenters. The van der Waals surface area contributed by atoms with Gasteiger partial charge in [-0.2, -0.15) is 0 Å². The van der Waals surface area contributed by atoms with Crippen LogP contribution in [0.4, 0.5) is 5.69 Å². The van der Waals surface area contributed by atoms with Crippen molar-refractivity contribution < 1.29 is 29.5 Å². The van der Waals surface area contributed by atoms with Crippen LogP contribution in [0.15, 0.2) is 65.9 Å². The molecule has 1 amide bonds. The molecule has 1 heterocycles. The number of ether oxygens (including phenoxy) is 1. The predicted octanol–water partition coefficient (Wildman–Crippen LogP) is 2.50. The zero-order valence-electron chi connectivity index (χ0n) is 17.3. The van der Waals surface area contributed by atoms with Gasteiger partial charge in [0.1, 0.15) is 0 Å². The Bertz CT molecular complexity index is 1020. The largest absolute Gasteiger partial charge is 0.503 e. The highest BCUT2D eigenvalue weighted by atomic mass is 16.6. The van der Waals surface area contributed by atoms with Crippen molar-refractivity contribution in [3.8, 4) is 0 Å². The number of hydrogen-bond acceptors (Lipinski definition) is 7. The zero-order valence-corrected chi connectivity index (χ0v) is 17.3. The smallest absolute Gasteiger partial charge is 0.290 e. The van der Waals surface area contributed by atoms with Crippen LogP contribution in [0.3, 0.4) is 0 Å². The second-order valence-electron chi connectivity index (χ2n) is 7.26. The van der Waals surface area contributed by atoms with Crippen LogP contribution in [0.1, 0.15) is 23.6 Å². The third-order valence-corrected chi connectivity index (χ3v) is 5.20. The average Bonchev–Trinajstić information content (AvgIpc) is 3.06. The first-order valence-corrected chi connectivity index (χ1v) is 10.2. The van der Waals surface area contributed by atoms with Crippen LogP contribution in [0.25, 0.3) is 0 Å². The normalized spacial score (nSPS) is 16.0. The lowest BCUT2D eigenvalue weighted by Crippen LogP contribution is -2.34. The Kier molecular flexibility index (Phi) is 7.69. The molecular weight excluding hydrogens is 416 g/mol. The summed E-state index contributed by atoms with van der Waals surface area (Å²) in [6.07, 6.45) is 0.489. The fraction of sp³-hybridized carbons (Fsp3) is 0.304. The number of Topliss-reactive ketones (excluding diaryl/α,β-unsaturated/α-hetero) is 1. The van der Waals surface area contributed by atoms with E-state index in [-0.39, 0.29) is 44.0 Å². The van der Waals surface area contributed by atoms with E-state index in [1.54, 1.807) is 6.07 Å². The molecule has 0 radical (unpaired) electrons. The minimum atomic E-state index is -0.969. The minimum absolute atomic E-state index is 0.0334. The lowest BCUT2D eigenvalue weighted by atomic mass is 9.93. The number of carbonyl (C=O) groups excluding carboxylic acids is 2. The SMILES string of the molecule is O=C(CCc1ccccc1)C1=C(O)C(=O)N(CCOCCO)C1c1cccc([N+](=O)[O-])c1. The molecule has 1 atom stereocenters. The van der Waals surface area contributed by atoms with E-state index in [0.29, 0.717) is 12.0 Å². The molecule has 0 aromatic heterocycles. The summed E-state index contributed by atoms with van der Waals surface area (Å²) in [6, 6.07) is 14.0. The second kappa shape index (κ2) is 10.7. The number of aliphatic hydroxyl groups excluding tert-OH is 2. The van der Waals surface area contributed by atoms with Crippen LogP contribution >= 0.6 is 0 Å². The van der Waals surface area contributed by atoms with E-state index in [1.807, 2.05) is 30.3 Å². The highest BCUT2D eigenvalue weighted by Crippen LogP contribution is 2.39. The van der Waals surface area contributed by atoms with Crippen molar-refractivity contribution in [2.45, 2.75) is 18.9 Å². The molecule has 0 saturated heterocycles. The Morgan fingerprint density at radius 2 is 1.88 bits per heavy atom. The first-order valence-electron chi connectivity index (χ1n) is 10.2. The van der Waals surface area contributed by atoms with Crippen molar-refractivity contribution in [3.05, 3.63) is 87.2 Å². The Balaban J connectivity index is 1.91. The molecule has 1 aliphatic rings. The summed E-state index contributed by atoms with van der Waals surface area (Å²) >= 11 is 0. The monoisotopic (exact) mass is 440 g/mol. The summed E-state index contributed by atoms with van der Waals surface area (Å²) in [5.74, 6) is -1.80. The zero-order chi connectivity index (χ0) is 23.1. The van der Waals surface area contributed by atoms with E-state index in [9.17, 15) is 24.8 Å². The number of benzene rings is 2. The average molecular weight is 440 g/mol. The van der Waals surface area contributed by atoms with Crippen LogP contribution in [0.5, 0.6) is 0 Å². The van der Waals surface area contributed by atoms with Gasteiger partial charge in [-0.25, -0.2) is 0 Å². The summed E-state index contributed by atoms with van der Waals surface area (Å²) in [5.41, 5.74) is 1.02. The lowest BCUT2D eigenvalue weighted by Gasteiger charge is -2.26. The first kappa shape index (κ1) is 23.1. The number of nitro benzene ring substituents is 1. The summed E-state index contributed by atoms with van der Waals surface area (Å²) in [7, 11) is 0. The van der Waals surface area contributed by atoms with Gasteiger partial charge in [0.05, 0.1) is 36.4 Å². The molecule has 0 bridgehead atoms. The fourth-order valence-electron chi connectivity index (χ4n) is 3.69. The number of hydrogen-bond donors (Lipinski definition) is 2. The molecule has 32 heavy (non-hydrogen) atoms. The van der Waals surface area contributed by atoms with Crippen LogP contribution in [0, 0.1) is 10.1 Å². The van der Waals surface area contributed by atoms with Gasteiger partial charge in [0.15, 0.2) is 11.5 Å². The van der Waals surface area contributed by atoms with Gasteiger partial charge in [-0.05, 0) is 17.5 Å². The molecule has 1 aliphatic heterocycles. The Hall–Kier alpha value is -3.56. The quantitative estimate of drug-likeness (QED) is 0.312. The van der Waals surface area contributed by atoms with Gasteiger partial charge in [-0.15, -0.1) is 0 Å². The van der Waals surface area contributed by atoms with Gasteiger partial charge in [0.25, 0.3) is 11.6 Å². The van der Waals surface area contributed by atoms with E-state index in [1.165, 1.54) is 23.1 Å². The van der Waals surface area contributed by atoms with Crippen LogP contribution in [-0.4, -0.2) is 58.1 Å². The van der Waals surface area contributed by atoms with Gasteiger partial charge < -0.3 is 19.8 Å². The van der Waals surface area contributed by atoms with Crippen LogP contribution < -0.4 is 0 Å². The molecule has 9 nitrogen and oxygen atoms in total. The van der Waals surface area contributed by atoms with Crippen molar-refractivity contribution in [2.75, 3.05) is 26.4 Å². The van der Waals surface area contributed by atoms with Gasteiger partial charge in [-0.1, -0.05) is 42.5 Å². The fourth-order valence-corrected chi connectivity index (χ4v) is 3.69. The molecule has 2 N–H and O–H groups in total. The maximum atomic E-state index is 13.1. The standard InChI is InChI=1S/C23H24N2O7/c26-12-14-32-13-11-24-21(17-7-4-8-18(15-17)25(30)31)20(22(28)23(24)29)19(27)10-9-16-5-2-1-3-6-16/h1-8,15,21,26,28H,9-14H2. The van der Waals surface area contributed by atoms with Gasteiger partial charge in [-0.3, -0.25) is 19.7 Å². The summed E-state index contributed by atoms with van der Waals surface area (Å²) < 4.78 is 5.24. The topological polar surface area (TPSA) is 130 Å². The molecule has 3 rings (SSSR count). The number of aryl methyl sites for hydroxylation is 1. The summed E-state index contributed by atoms with van der Waals surface area (Å²) in [4.78, 5) is 37.8. The van der Waals surface area contributed by atoms with E-state index >= 15 is 0 Å². The predicted molar refractivity (Wildman–Crippen MR) is 115 cm³/mol. The van der Waals surface area contributed by atoms with Gasteiger partial charge >= 0.3 is 0 Å². The van der Waals surface area contributed by atoms with Gasteiger partial charge in [0, 0.05) is 25.1 Å². The molecule has 0 aliphatic carbocycles. The van der Waals surface area contributed by atoms with Crippen molar-refractivity contribution in [2.24, 2.45) is 0 Å². The molecule has 0 fully saturated rings. The number of ketones is 1. The molecular formula is C23H24N2O7. The van der Waals surface area contributed by atoms with E-state index in [0.717, 1.165) is 5.56 Å². The Morgan fingerprint density at radius 3 is 2.56 bits per heavy atom. The number of nitro groups is 1. The minimum Gasteiger partial charge on any atom is -0.503 e. The van der Waals surface area contributed by atoms with Crippen molar-refractivity contribution in [3.63, 3.8) is 0 Å². The number of carbonyl (C=O) groups is 2. The second-order valence-corrected chi connectivity index (χ2v) is 7.26. The highest BCUT2D eigenvalue weighted by molar-refractivity contribution is 6.09. The number of rotatable bonds is 11. The number of amides is 1. The molecule has 9 heteroatoms. The molecule has 0 saturated carbocycles. The third-order valence-electron chi connectivity index (χ3n) is 5.20. The highest BCUT2D eigenvalue weighted by Gasteiger charge is 2.43. The third kappa shape index (κ3) is 5.19. The Morgan fingerprint density at radius 1 is 1.12 bits per heavy atom. The number of aliphatic hydroxyl groups is 2. The van der Waals surface area contributed by atoms with E-state index in [4.69, 9.17) is 9.84 Å². The number of non-ortho nitro benzene ring substituents is 1. The summed E-state index contributed by atoms with van der Waals surface area (Å²) in [5, 5.41) is 30.7. The number of nitrogens with zero attached hydrogens (tertiary/aromatic N) is 2. The van der Waals surface area contributed by atoms with Crippen LogP contribution in [-0.2, 0) is 20.7 Å². The van der Waals surface area contributed by atoms with Gasteiger partial charge in [0.2, 0.25) is 0 Å².